The fraction of sp³-hybridized carbons (Fsp3) is 0.957. The van der Waals surface area contributed by atoms with Gasteiger partial charge in [-0.3, -0.25) is 4.18 Å². The average molecular weight is 450 g/mol. The topological polar surface area (TPSA) is 83.5 Å². The Kier molecular flexibility index (Phi) is 16.6. The van der Waals surface area contributed by atoms with Crippen molar-refractivity contribution in [2.75, 3.05) is 33.4 Å². The van der Waals surface area contributed by atoms with E-state index in [4.69, 9.17) is 4.18 Å². The van der Waals surface area contributed by atoms with Crippen LogP contribution in [0.5, 0.6) is 0 Å². The Bertz CT molecular complexity index is 528. The van der Waals surface area contributed by atoms with Crippen LogP contribution in [0.15, 0.2) is 0 Å². The minimum Gasteiger partial charge on any atom is -0.550 e. The Balaban J connectivity index is 3.79. The van der Waals surface area contributed by atoms with Crippen LogP contribution in [0.3, 0.4) is 0 Å². The van der Waals surface area contributed by atoms with Gasteiger partial charge in [-0.05, 0) is 6.42 Å². The first-order chi connectivity index (χ1) is 14.1. The van der Waals surface area contributed by atoms with Crippen molar-refractivity contribution in [2.45, 2.75) is 109 Å². The van der Waals surface area contributed by atoms with Crippen LogP contribution in [0.2, 0.25) is 0 Å². The smallest absolute Gasteiger partial charge is 0.267 e. The van der Waals surface area contributed by atoms with Crippen molar-refractivity contribution >= 4 is 16.1 Å². The summed E-state index contributed by atoms with van der Waals surface area (Å²) < 4.78 is 30.0. The summed E-state index contributed by atoms with van der Waals surface area (Å²) in [5.41, 5.74) is 0. The summed E-state index contributed by atoms with van der Waals surface area (Å²) in [6.07, 6.45) is 15.6. The molecule has 7 heteroatoms. The summed E-state index contributed by atoms with van der Waals surface area (Å²) >= 11 is 0. The minimum atomic E-state index is -3.72. The fourth-order valence-electron chi connectivity index (χ4n) is 3.65. The van der Waals surface area contributed by atoms with E-state index in [0.29, 0.717) is 17.4 Å². The summed E-state index contributed by atoms with van der Waals surface area (Å²) in [6.45, 7) is 2.54. The molecule has 0 rings (SSSR count). The van der Waals surface area contributed by atoms with Gasteiger partial charge in [-0.25, -0.2) is 0 Å². The molecule has 0 aliphatic rings. The van der Waals surface area contributed by atoms with Crippen LogP contribution in [0.25, 0.3) is 0 Å². The second kappa shape index (κ2) is 17.0. The van der Waals surface area contributed by atoms with Crippen LogP contribution in [0.4, 0.5) is 0 Å². The number of hydrogen-bond acceptors (Lipinski definition) is 5. The largest absolute Gasteiger partial charge is 0.550 e. The fourth-order valence-corrected chi connectivity index (χ4v) is 4.85. The van der Waals surface area contributed by atoms with Crippen LogP contribution in [-0.2, 0) is 19.1 Å². The lowest BCUT2D eigenvalue weighted by molar-refractivity contribution is -0.873. The molecule has 0 fully saturated rings. The van der Waals surface area contributed by atoms with Gasteiger partial charge in [0.15, 0.2) is 0 Å². The molecule has 0 aromatic carbocycles. The van der Waals surface area contributed by atoms with Gasteiger partial charge in [0.2, 0.25) is 0 Å². The van der Waals surface area contributed by atoms with Gasteiger partial charge < -0.3 is 14.4 Å². The van der Waals surface area contributed by atoms with Crippen molar-refractivity contribution in [1.29, 1.82) is 0 Å². The molecule has 180 valence electrons. The van der Waals surface area contributed by atoms with Gasteiger partial charge in [0.05, 0.1) is 26.9 Å². The molecule has 0 N–H and O–H groups in total. The Hall–Kier alpha value is -0.660. The first-order valence-corrected chi connectivity index (χ1v) is 13.5. The molecule has 0 saturated carbocycles. The molecule has 0 aliphatic heterocycles. The van der Waals surface area contributed by atoms with Gasteiger partial charge in [0.25, 0.3) is 10.1 Å². The maximum atomic E-state index is 12.2. The summed E-state index contributed by atoms with van der Waals surface area (Å²) in [6, 6.07) is 0. The third-order valence-electron chi connectivity index (χ3n) is 5.18. The summed E-state index contributed by atoms with van der Waals surface area (Å²) in [4.78, 5) is 10.9. The van der Waals surface area contributed by atoms with Crippen molar-refractivity contribution in [3.63, 3.8) is 0 Å². The molecule has 1 atom stereocenters. The number of quaternary nitrogens is 1. The SMILES string of the molecule is CCCCCCCCCCCCCCCCS(=O)(=O)O[C@H](CC(=O)[O-])C[N+](C)(C)C. The van der Waals surface area contributed by atoms with Crippen molar-refractivity contribution in [1.82, 2.24) is 0 Å². The zero-order valence-electron chi connectivity index (χ0n) is 20.0. The number of rotatable bonds is 21. The predicted molar refractivity (Wildman–Crippen MR) is 121 cm³/mol. The van der Waals surface area contributed by atoms with Gasteiger partial charge in [0.1, 0.15) is 12.6 Å². The van der Waals surface area contributed by atoms with E-state index in [1.807, 2.05) is 21.1 Å². The maximum Gasteiger partial charge on any atom is 0.267 e. The molecule has 0 amide bonds. The quantitative estimate of drug-likeness (QED) is 0.150. The molecule has 0 aliphatic carbocycles. The summed E-state index contributed by atoms with van der Waals surface area (Å²) in [5.74, 6) is -1.34. The van der Waals surface area contributed by atoms with Crippen molar-refractivity contribution in [3.8, 4) is 0 Å². The van der Waals surface area contributed by atoms with E-state index < -0.39 is 28.6 Å². The van der Waals surface area contributed by atoms with E-state index in [9.17, 15) is 18.3 Å². The van der Waals surface area contributed by atoms with Crippen LogP contribution in [0, 0.1) is 0 Å². The third-order valence-corrected chi connectivity index (χ3v) is 6.53. The molecular weight excluding hydrogens is 402 g/mol. The second-order valence-corrected chi connectivity index (χ2v) is 11.3. The molecule has 0 aromatic rings. The zero-order chi connectivity index (χ0) is 22.9. The van der Waals surface area contributed by atoms with E-state index in [-0.39, 0.29) is 5.75 Å². The number of carboxylic acids is 1. The first kappa shape index (κ1) is 29.3. The van der Waals surface area contributed by atoms with Crippen molar-refractivity contribution in [3.05, 3.63) is 0 Å². The van der Waals surface area contributed by atoms with Crippen molar-refractivity contribution < 1.29 is 27.0 Å². The number of likely N-dealkylation sites (N-methyl/N-ethyl adjacent to an activating group) is 1. The number of hydrogen-bond donors (Lipinski definition) is 0. The normalized spacial score (nSPS) is 13.5. The highest BCUT2D eigenvalue weighted by molar-refractivity contribution is 7.86. The van der Waals surface area contributed by atoms with Crippen LogP contribution < -0.4 is 5.11 Å². The molecule has 0 bridgehead atoms. The lowest BCUT2D eigenvalue weighted by Gasteiger charge is -2.29. The third kappa shape index (κ3) is 20.6. The Morgan fingerprint density at radius 1 is 0.800 bits per heavy atom. The monoisotopic (exact) mass is 449 g/mol. The lowest BCUT2D eigenvalue weighted by Crippen LogP contribution is -2.45. The highest BCUT2D eigenvalue weighted by atomic mass is 32.2. The zero-order valence-corrected chi connectivity index (χ0v) is 20.8. The number of carboxylic acid groups (broad SMARTS) is 1. The molecule has 0 radical (unpaired) electrons. The van der Waals surface area contributed by atoms with E-state index in [0.717, 1.165) is 19.3 Å². The van der Waals surface area contributed by atoms with Crippen molar-refractivity contribution in [2.24, 2.45) is 0 Å². The first-order valence-electron chi connectivity index (χ1n) is 12.0. The van der Waals surface area contributed by atoms with Crippen LogP contribution in [-0.4, -0.2) is 58.4 Å². The number of carbonyl (C=O) groups is 1. The maximum absolute atomic E-state index is 12.2. The second-order valence-electron chi connectivity index (χ2n) is 9.63. The van der Waals surface area contributed by atoms with Gasteiger partial charge in [-0.2, -0.15) is 8.42 Å². The number of nitrogens with zero attached hydrogens (tertiary/aromatic N) is 1. The molecule has 0 saturated heterocycles. The number of unbranched alkanes of at least 4 members (excludes halogenated alkanes) is 13. The van der Waals surface area contributed by atoms with Gasteiger partial charge in [-0.15, -0.1) is 0 Å². The summed E-state index contributed by atoms with van der Waals surface area (Å²) in [5, 5.41) is 10.9. The lowest BCUT2D eigenvalue weighted by atomic mass is 10.0. The molecule has 0 aromatic heterocycles. The number of aliphatic carboxylic acids is 1. The molecular formula is C23H47NO5S. The molecule has 30 heavy (non-hydrogen) atoms. The van der Waals surface area contributed by atoms with Crippen LogP contribution in [0.1, 0.15) is 103 Å². The molecule has 6 nitrogen and oxygen atoms in total. The molecule has 0 spiro atoms. The number of carbonyl (C=O) groups excluding carboxylic acids is 1. The van der Waals surface area contributed by atoms with Crippen LogP contribution >= 0.6 is 0 Å². The highest BCUT2D eigenvalue weighted by Gasteiger charge is 2.25. The van der Waals surface area contributed by atoms with E-state index in [1.165, 1.54) is 64.2 Å². The van der Waals surface area contributed by atoms with Gasteiger partial charge in [0, 0.05) is 12.4 Å². The predicted octanol–water partition coefficient (Wildman–Crippen LogP) is 4.03. The molecule has 0 unspecified atom stereocenters. The van der Waals surface area contributed by atoms with E-state index >= 15 is 0 Å². The van der Waals surface area contributed by atoms with Gasteiger partial charge in [-0.1, -0.05) is 90.4 Å². The summed E-state index contributed by atoms with van der Waals surface area (Å²) in [7, 11) is 1.88. The Morgan fingerprint density at radius 2 is 1.20 bits per heavy atom. The minimum absolute atomic E-state index is 0.0499. The Morgan fingerprint density at radius 3 is 1.57 bits per heavy atom. The average Bonchev–Trinajstić information content (AvgIpc) is 2.59. The standard InChI is InChI=1S/C23H47NO5S/c1-5-6-7-8-9-10-11-12-13-14-15-16-17-18-19-30(27,28)29-22(20-23(25)26)21-24(2,3)4/h22H,5-21H2,1-4H3/t22-/m1/s1. The van der Waals surface area contributed by atoms with Gasteiger partial charge >= 0.3 is 0 Å². The van der Waals surface area contributed by atoms with E-state index in [1.54, 1.807) is 0 Å². The Labute approximate surface area is 186 Å². The van der Waals surface area contributed by atoms with E-state index in [2.05, 4.69) is 6.92 Å². The molecule has 0 heterocycles. The highest BCUT2D eigenvalue weighted by Crippen LogP contribution is 2.14.